The van der Waals surface area contributed by atoms with Gasteiger partial charge in [-0.1, -0.05) is 23.4 Å². The van der Waals surface area contributed by atoms with Gasteiger partial charge in [-0.05, 0) is 30.5 Å². The van der Waals surface area contributed by atoms with E-state index in [0.717, 1.165) is 5.69 Å². The number of carbonyl (C=O) groups excluding carboxylic acids is 1. The van der Waals surface area contributed by atoms with E-state index in [1.165, 1.54) is 16.7 Å². The number of aromatic nitrogens is 3. The summed E-state index contributed by atoms with van der Waals surface area (Å²) in [4.78, 5) is 13.8. The van der Waals surface area contributed by atoms with Crippen molar-refractivity contribution in [1.82, 2.24) is 25.2 Å². The van der Waals surface area contributed by atoms with Crippen molar-refractivity contribution in [2.24, 2.45) is 7.05 Å². The zero-order chi connectivity index (χ0) is 15.4. The number of urea groups is 1. The van der Waals surface area contributed by atoms with E-state index in [0.29, 0.717) is 13.1 Å². The molecule has 112 valence electrons. The predicted molar refractivity (Wildman–Crippen MR) is 80.6 cm³/mol. The van der Waals surface area contributed by atoms with Gasteiger partial charge in [-0.15, -0.1) is 5.10 Å². The van der Waals surface area contributed by atoms with E-state index in [4.69, 9.17) is 0 Å². The maximum Gasteiger partial charge on any atom is 0.317 e. The largest absolute Gasteiger partial charge is 0.332 e. The highest BCUT2D eigenvalue weighted by Gasteiger charge is 2.12. The van der Waals surface area contributed by atoms with Crippen LogP contribution >= 0.6 is 0 Å². The lowest BCUT2D eigenvalue weighted by atomic mass is 10.0. The highest BCUT2D eigenvalue weighted by atomic mass is 16.2. The molecule has 6 nitrogen and oxygen atoms in total. The summed E-state index contributed by atoms with van der Waals surface area (Å²) < 4.78 is 1.61. The van der Waals surface area contributed by atoms with Gasteiger partial charge >= 0.3 is 6.03 Å². The maximum atomic E-state index is 12.1. The summed E-state index contributed by atoms with van der Waals surface area (Å²) in [6, 6.07) is 6.03. The Morgan fingerprint density at radius 1 is 1.33 bits per heavy atom. The number of carbonyl (C=O) groups is 1. The molecule has 21 heavy (non-hydrogen) atoms. The number of rotatable bonds is 4. The maximum absolute atomic E-state index is 12.1. The lowest BCUT2D eigenvalue weighted by Crippen LogP contribution is -2.36. The third-order valence-electron chi connectivity index (χ3n) is 3.46. The zero-order valence-corrected chi connectivity index (χ0v) is 12.9. The molecule has 0 fully saturated rings. The van der Waals surface area contributed by atoms with E-state index < -0.39 is 0 Å². The summed E-state index contributed by atoms with van der Waals surface area (Å²) in [5.41, 5.74) is 4.33. The van der Waals surface area contributed by atoms with Gasteiger partial charge in [-0.25, -0.2) is 4.79 Å². The minimum absolute atomic E-state index is 0.122. The number of hydrogen-bond acceptors (Lipinski definition) is 3. The van der Waals surface area contributed by atoms with Crippen LogP contribution in [0.3, 0.4) is 0 Å². The van der Waals surface area contributed by atoms with E-state index >= 15 is 0 Å². The Hall–Kier alpha value is -2.37. The summed E-state index contributed by atoms with van der Waals surface area (Å²) in [5.74, 6) is 0. The lowest BCUT2D eigenvalue weighted by Gasteiger charge is -2.20. The van der Waals surface area contributed by atoms with Crippen molar-refractivity contribution in [3.8, 4) is 0 Å². The van der Waals surface area contributed by atoms with Gasteiger partial charge in [0.2, 0.25) is 0 Å². The van der Waals surface area contributed by atoms with Crippen LogP contribution in [0.2, 0.25) is 0 Å². The first-order valence-electron chi connectivity index (χ1n) is 6.86. The van der Waals surface area contributed by atoms with Gasteiger partial charge in [-0.2, -0.15) is 0 Å². The van der Waals surface area contributed by atoms with Gasteiger partial charge in [0.1, 0.15) is 5.69 Å². The molecule has 0 unspecified atom stereocenters. The molecule has 0 atom stereocenters. The minimum Gasteiger partial charge on any atom is -0.332 e. The van der Waals surface area contributed by atoms with E-state index in [2.05, 4.69) is 41.6 Å². The van der Waals surface area contributed by atoms with Gasteiger partial charge < -0.3 is 10.2 Å². The third kappa shape index (κ3) is 3.81. The second-order valence-electron chi connectivity index (χ2n) is 5.27. The molecule has 0 saturated heterocycles. The van der Waals surface area contributed by atoms with Crippen LogP contribution in [0.5, 0.6) is 0 Å². The molecule has 0 bridgehead atoms. The van der Waals surface area contributed by atoms with Crippen molar-refractivity contribution in [3.05, 3.63) is 46.8 Å². The second-order valence-corrected chi connectivity index (χ2v) is 5.27. The highest BCUT2D eigenvalue weighted by Crippen LogP contribution is 2.15. The molecule has 0 aliphatic rings. The number of amides is 2. The Labute approximate surface area is 124 Å². The molecular formula is C15H21N5O. The van der Waals surface area contributed by atoms with Crippen LogP contribution < -0.4 is 5.32 Å². The molecular weight excluding hydrogens is 266 g/mol. The summed E-state index contributed by atoms with van der Waals surface area (Å²) >= 11 is 0. The smallest absolute Gasteiger partial charge is 0.317 e. The molecule has 0 aliphatic carbocycles. The number of aryl methyl sites for hydroxylation is 3. The summed E-state index contributed by atoms with van der Waals surface area (Å²) in [7, 11) is 3.59. The Bertz CT molecular complexity index is 614. The number of hydrogen-bond donors (Lipinski definition) is 1. The van der Waals surface area contributed by atoms with Crippen LogP contribution in [-0.4, -0.2) is 33.0 Å². The molecule has 2 amide bonds. The third-order valence-corrected chi connectivity index (χ3v) is 3.46. The molecule has 6 heteroatoms. The van der Waals surface area contributed by atoms with Crippen molar-refractivity contribution in [2.45, 2.75) is 26.9 Å². The Morgan fingerprint density at radius 2 is 2.00 bits per heavy atom. The molecule has 2 rings (SSSR count). The zero-order valence-electron chi connectivity index (χ0n) is 12.9. The van der Waals surface area contributed by atoms with E-state index in [-0.39, 0.29) is 6.03 Å². The Kier molecular flexibility index (Phi) is 4.57. The quantitative estimate of drug-likeness (QED) is 0.932. The van der Waals surface area contributed by atoms with E-state index in [9.17, 15) is 4.79 Å². The Morgan fingerprint density at radius 3 is 2.57 bits per heavy atom. The highest BCUT2D eigenvalue weighted by molar-refractivity contribution is 5.73. The summed E-state index contributed by atoms with van der Waals surface area (Å²) in [6.45, 7) is 5.09. The molecule has 0 aliphatic heterocycles. The molecule has 1 aromatic carbocycles. The number of nitrogens with one attached hydrogen (secondary N) is 1. The lowest BCUT2D eigenvalue weighted by molar-refractivity contribution is 0.206. The van der Waals surface area contributed by atoms with Gasteiger partial charge in [0, 0.05) is 26.8 Å². The fraction of sp³-hybridized carbons (Fsp3) is 0.400. The normalized spacial score (nSPS) is 10.5. The molecule has 1 N–H and O–H groups in total. The van der Waals surface area contributed by atoms with Gasteiger partial charge in [0.15, 0.2) is 0 Å². The first-order chi connectivity index (χ1) is 9.97. The van der Waals surface area contributed by atoms with Crippen molar-refractivity contribution in [1.29, 1.82) is 0 Å². The average Bonchev–Trinajstić information content (AvgIpc) is 2.86. The Balaban J connectivity index is 1.93. The van der Waals surface area contributed by atoms with Crippen LogP contribution in [0.4, 0.5) is 4.79 Å². The average molecular weight is 287 g/mol. The van der Waals surface area contributed by atoms with Gasteiger partial charge in [0.25, 0.3) is 0 Å². The first kappa shape index (κ1) is 15.0. The standard InChI is InChI=1S/C15H21N5O/c1-11-6-5-7-12(2)14(11)10-19(3)15(21)16-8-13-9-20(4)18-17-13/h5-7,9H,8,10H2,1-4H3,(H,16,21). The van der Waals surface area contributed by atoms with Crippen LogP contribution in [0, 0.1) is 13.8 Å². The van der Waals surface area contributed by atoms with E-state index in [1.54, 1.807) is 29.9 Å². The summed E-state index contributed by atoms with van der Waals surface area (Å²) in [5, 5.41) is 10.6. The number of nitrogens with zero attached hydrogens (tertiary/aromatic N) is 4. The van der Waals surface area contributed by atoms with Crippen molar-refractivity contribution in [2.75, 3.05) is 7.05 Å². The van der Waals surface area contributed by atoms with Gasteiger partial charge in [-0.3, -0.25) is 4.68 Å². The van der Waals surface area contributed by atoms with Crippen LogP contribution in [0.15, 0.2) is 24.4 Å². The number of benzene rings is 1. The van der Waals surface area contributed by atoms with Crippen molar-refractivity contribution in [3.63, 3.8) is 0 Å². The van der Waals surface area contributed by atoms with Crippen molar-refractivity contribution >= 4 is 6.03 Å². The van der Waals surface area contributed by atoms with Crippen LogP contribution in [-0.2, 0) is 20.1 Å². The SMILES string of the molecule is Cc1cccc(C)c1CN(C)C(=O)NCc1cn(C)nn1. The molecule has 0 saturated carbocycles. The van der Waals surface area contributed by atoms with Gasteiger partial charge in [0.05, 0.1) is 6.54 Å². The molecule has 0 spiro atoms. The molecule has 1 aromatic heterocycles. The fourth-order valence-corrected chi connectivity index (χ4v) is 2.18. The van der Waals surface area contributed by atoms with E-state index in [1.807, 2.05) is 6.07 Å². The predicted octanol–water partition coefficient (Wildman–Crippen LogP) is 1.77. The van der Waals surface area contributed by atoms with Crippen molar-refractivity contribution < 1.29 is 4.79 Å². The first-order valence-corrected chi connectivity index (χ1v) is 6.86. The minimum atomic E-state index is -0.122. The van der Waals surface area contributed by atoms with Crippen LogP contribution in [0.25, 0.3) is 0 Å². The molecule has 2 aromatic rings. The fourth-order valence-electron chi connectivity index (χ4n) is 2.18. The molecule has 1 heterocycles. The monoisotopic (exact) mass is 287 g/mol. The summed E-state index contributed by atoms with van der Waals surface area (Å²) in [6.07, 6.45) is 1.78. The topological polar surface area (TPSA) is 63.1 Å². The molecule has 0 radical (unpaired) electrons. The second kappa shape index (κ2) is 6.39. The van der Waals surface area contributed by atoms with Crippen LogP contribution in [0.1, 0.15) is 22.4 Å².